The summed E-state index contributed by atoms with van der Waals surface area (Å²) in [5.74, 6) is 1.60. The predicted octanol–water partition coefficient (Wildman–Crippen LogP) is 2.44. The van der Waals surface area contributed by atoms with Crippen molar-refractivity contribution in [1.82, 2.24) is 0 Å². The zero-order valence-electron chi connectivity index (χ0n) is 8.94. The summed E-state index contributed by atoms with van der Waals surface area (Å²) < 4.78 is 10.6. The van der Waals surface area contributed by atoms with Crippen molar-refractivity contribution in [3.63, 3.8) is 0 Å². The van der Waals surface area contributed by atoms with E-state index in [9.17, 15) is 4.79 Å². The van der Waals surface area contributed by atoms with Crippen LogP contribution in [0.4, 0.5) is 0 Å². The number of benzene rings is 1. The van der Waals surface area contributed by atoms with Gasteiger partial charge in [0.15, 0.2) is 0 Å². The average molecular weight is 208 g/mol. The minimum absolute atomic E-state index is 0.613. The minimum Gasteiger partial charge on any atom is -0.497 e. The quantitative estimate of drug-likeness (QED) is 0.510. The molecule has 3 heteroatoms. The van der Waals surface area contributed by atoms with Crippen molar-refractivity contribution in [3.8, 4) is 11.5 Å². The second kappa shape index (κ2) is 6.87. The first-order chi connectivity index (χ1) is 7.36. The molecule has 0 aromatic heterocycles. The van der Waals surface area contributed by atoms with Gasteiger partial charge in [-0.2, -0.15) is 0 Å². The maximum absolute atomic E-state index is 10.1. The fourth-order valence-electron chi connectivity index (χ4n) is 1.21. The van der Waals surface area contributed by atoms with Crippen LogP contribution in [0, 0.1) is 0 Å². The third kappa shape index (κ3) is 4.49. The molecule has 0 heterocycles. The Bertz CT molecular complexity index is 297. The van der Waals surface area contributed by atoms with Crippen LogP contribution in [0.2, 0.25) is 0 Å². The third-order valence-electron chi connectivity index (χ3n) is 2.03. The van der Waals surface area contributed by atoms with Crippen molar-refractivity contribution in [1.29, 1.82) is 0 Å². The molecule has 1 aromatic carbocycles. The molecule has 0 aliphatic carbocycles. The maximum Gasteiger partial charge on any atom is 0.122 e. The largest absolute Gasteiger partial charge is 0.497 e. The summed E-state index contributed by atoms with van der Waals surface area (Å²) in [4.78, 5) is 10.1. The number of hydrogen-bond donors (Lipinski definition) is 0. The zero-order chi connectivity index (χ0) is 10.9. The first-order valence-corrected chi connectivity index (χ1v) is 5.07. The van der Waals surface area contributed by atoms with Gasteiger partial charge in [-0.05, 0) is 25.0 Å². The Balaban J connectivity index is 2.27. The SMILES string of the molecule is COc1cccc(OCCCCC=O)c1. The molecule has 0 amide bonds. The van der Waals surface area contributed by atoms with Gasteiger partial charge < -0.3 is 14.3 Å². The number of hydrogen-bond acceptors (Lipinski definition) is 3. The van der Waals surface area contributed by atoms with E-state index in [1.165, 1.54) is 0 Å². The molecule has 1 aromatic rings. The highest BCUT2D eigenvalue weighted by Gasteiger charge is 1.96. The van der Waals surface area contributed by atoms with Crippen molar-refractivity contribution in [2.45, 2.75) is 19.3 Å². The number of methoxy groups -OCH3 is 1. The third-order valence-corrected chi connectivity index (χ3v) is 2.03. The summed E-state index contributed by atoms with van der Waals surface area (Å²) >= 11 is 0. The van der Waals surface area contributed by atoms with Crippen LogP contribution < -0.4 is 9.47 Å². The molecule has 0 aliphatic rings. The molecule has 0 unspecified atom stereocenters. The molecule has 1 rings (SSSR count). The van der Waals surface area contributed by atoms with Crippen molar-refractivity contribution in [3.05, 3.63) is 24.3 Å². The van der Waals surface area contributed by atoms with E-state index in [0.29, 0.717) is 13.0 Å². The van der Waals surface area contributed by atoms with E-state index in [1.54, 1.807) is 7.11 Å². The first-order valence-electron chi connectivity index (χ1n) is 5.07. The second-order valence-electron chi connectivity index (χ2n) is 3.19. The molecular weight excluding hydrogens is 192 g/mol. The van der Waals surface area contributed by atoms with Crippen LogP contribution in [0.1, 0.15) is 19.3 Å². The molecule has 82 valence electrons. The van der Waals surface area contributed by atoms with E-state index in [1.807, 2.05) is 24.3 Å². The number of carbonyl (C=O) groups excluding carboxylic acids is 1. The first kappa shape index (κ1) is 11.6. The molecule has 0 bridgehead atoms. The van der Waals surface area contributed by atoms with Gasteiger partial charge in [-0.15, -0.1) is 0 Å². The number of rotatable bonds is 7. The highest BCUT2D eigenvalue weighted by Crippen LogP contribution is 2.18. The molecule has 0 radical (unpaired) electrons. The maximum atomic E-state index is 10.1. The Morgan fingerprint density at radius 1 is 1.27 bits per heavy atom. The van der Waals surface area contributed by atoms with E-state index >= 15 is 0 Å². The van der Waals surface area contributed by atoms with Crippen LogP contribution in [0.15, 0.2) is 24.3 Å². The number of aldehydes is 1. The van der Waals surface area contributed by atoms with Crippen LogP contribution in [-0.2, 0) is 4.79 Å². The fraction of sp³-hybridized carbons (Fsp3) is 0.417. The van der Waals surface area contributed by atoms with Crippen LogP contribution in [0.3, 0.4) is 0 Å². The lowest BCUT2D eigenvalue weighted by Gasteiger charge is -2.06. The molecule has 3 nitrogen and oxygen atoms in total. The summed E-state index contributed by atoms with van der Waals surface area (Å²) in [6.45, 7) is 0.640. The molecule has 0 fully saturated rings. The van der Waals surface area contributed by atoms with Gasteiger partial charge in [-0.1, -0.05) is 6.07 Å². The Morgan fingerprint density at radius 3 is 2.80 bits per heavy atom. The minimum atomic E-state index is 0.613. The standard InChI is InChI=1S/C12H16O3/c1-14-11-6-5-7-12(10-11)15-9-4-2-3-8-13/h5-8,10H,2-4,9H2,1H3. The van der Waals surface area contributed by atoms with Gasteiger partial charge in [-0.25, -0.2) is 0 Å². The molecule has 0 atom stereocenters. The number of unbranched alkanes of at least 4 members (excludes halogenated alkanes) is 2. The Morgan fingerprint density at radius 2 is 2.07 bits per heavy atom. The van der Waals surface area contributed by atoms with E-state index in [-0.39, 0.29) is 0 Å². The summed E-state index contributed by atoms with van der Waals surface area (Å²) in [6, 6.07) is 7.50. The van der Waals surface area contributed by atoms with Crippen LogP contribution >= 0.6 is 0 Å². The summed E-state index contributed by atoms with van der Waals surface area (Å²) in [5.41, 5.74) is 0. The molecule has 0 saturated carbocycles. The fourth-order valence-corrected chi connectivity index (χ4v) is 1.21. The Labute approximate surface area is 90.0 Å². The van der Waals surface area contributed by atoms with Gasteiger partial charge in [0.05, 0.1) is 13.7 Å². The predicted molar refractivity (Wildman–Crippen MR) is 58.4 cm³/mol. The van der Waals surface area contributed by atoms with E-state index in [4.69, 9.17) is 9.47 Å². The molecule has 0 N–H and O–H groups in total. The lowest BCUT2D eigenvalue weighted by molar-refractivity contribution is -0.107. The van der Waals surface area contributed by atoms with Crippen LogP contribution in [0.5, 0.6) is 11.5 Å². The van der Waals surface area contributed by atoms with Gasteiger partial charge in [0.1, 0.15) is 17.8 Å². The van der Waals surface area contributed by atoms with Crippen molar-refractivity contribution < 1.29 is 14.3 Å². The molecular formula is C12H16O3. The lowest BCUT2D eigenvalue weighted by Crippen LogP contribution is -1.97. The molecule has 0 spiro atoms. The topological polar surface area (TPSA) is 35.5 Å². The smallest absolute Gasteiger partial charge is 0.122 e. The van der Waals surface area contributed by atoms with Gasteiger partial charge in [0.2, 0.25) is 0 Å². The van der Waals surface area contributed by atoms with Gasteiger partial charge >= 0.3 is 0 Å². The van der Waals surface area contributed by atoms with Gasteiger partial charge in [0.25, 0.3) is 0 Å². The molecule has 15 heavy (non-hydrogen) atoms. The van der Waals surface area contributed by atoms with Gasteiger partial charge in [-0.3, -0.25) is 0 Å². The van der Waals surface area contributed by atoms with Crippen LogP contribution in [-0.4, -0.2) is 20.0 Å². The van der Waals surface area contributed by atoms with Crippen molar-refractivity contribution in [2.75, 3.05) is 13.7 Å². The summed E-state index contributed by atoms with van der Waals surface area (Å²) in [5, 5.41) is 0. The van der Waals surface area contributed by atoms with E-state index in [0.717, 1.165) is 30.6 Å². The highest BCUT2D eigenvalue weighted by molar-refractivity contribution is 5.48. The van der Waals surface area contributed by atoms with E-state index in [2.05, 4.69) is 0 Å². The van der Waals surface area contributed by atoms with Crippen molar-refractivity contribution in [2.24, 2.45) is 0 Å². The van der Waals surface area contributed by atoms with Gasteiger partial charge in [0, 0.05) is 12.5 Å². The van der Waals surface area contributed by atoms with Crippen LogP contribution in [0.25, 0.3) is 0 Å². The highest BCUT2D eigenvalue weighted by atomic mass is 16.5. The average Bonchev–Trinajstić information content (AvgIpc) is 2.29. The second-order valence-corrected chi connectivity index (χ2v) is 3.19. The molecule has 0 aliphatic heterocycles. The van der Waals surface area contributed by atoms with E-state index < -0.39 is 0 Å². The number of ether oxygens (including phenoxy) is 2. The lowest BCUT2D eigenvalue weighted by atomic mass is 10.2. The Hall–Kier alpha value is -1.51. The summed E-state index contributed by atoms with van der Waals surface area (Å²) in [7, 11) is 1.63. The molecule has 0 saturated heterocycles. The van der Waals surface area contributed by atoms with Crippen molar-refractivity contribution >= 4 is 6.29 Å². The number of carbonyl (C=O) groups is 1. The Kier molecular flexibility index (Phi) is 5.30. The monoisotopic (exact) mass is 208 g/mol. The zero-order valence-corrected chi connectivity index (χ0v) is 8.94. The summed E-state index contributed by atoms with van der Waals surface area (Å²) in [6.07, 6.45) is 3.33. The normalized spacial score (nSPS) is 9.67.